The molecule has 0 fully saturated rings. The molecule has 0 aliphatic heterocycles. The fraction of sp³-hybridized carbons (Fsp3) is 0. The third-order valence-corrected chi connectivity index (χ3v) is 4.05. The van der Waals surface area contributed by atoms with Crippen LogP contribution in [0.3, 0.4) is 0 Å². The minimum atomic E-state index is -1.08. The summed E-state index contributed by atoms with van der Waals surface area (Å²) in [6.07, 6.45) is 6.57. The zero-order valence-corrected chi connectivity index (χ0v) is 14.0. The van der Waals surface area contributed by atoms with Gasteiger partial charge in [-0.15, -0.1) is 0 Å². The molecule has 7 heteroatoms. The number of carboxylic acids is 1. The summed E-state index contributed by atoms with van der Waals surface area (Å²) in [6.45, 7) is 0. The molecule has 2 aromatic carbocycles. The first-order valence-corrected chi connectivity index (χ1v) is 8.07. The Kier molecular flexibility index (Phi) is 4.18. The lowest BCUT2D eigenvalue weighted by atomic mass is 10.1. The Balaban J connectivity index is 1.67. The Morgan fingerprint density at radius 2 is 1.89 bits per heavy atom. The molecule has 0 amide bonds. The van der Waals surface area contributed by atoms with Crippen molar-refractivity contribution in [2.24, 2.45) is 0 Å². The van der Waals surface area contributed by atoms with Gasteiger partial charge in [0.1, 0.15) is 18.5 Å². The highest BCUT2D eigenvalue weighted by Gasteiger charge is 2.11. The maximum absolute atomic E-state index is 13.5. The number of hydrogen-bond acceptors (Lipinski definition) is 4. The number of halogens is 1. The predicted octanol–water partition coefficient (Wildman–Crippen LogP) is 3.82. The number of aromatic carboxylic acids is 1. The van der Waals surface area contributed by atoms with E-state index in [1.54, 1.807) is 17.1 Å². The van der Waals surface area contributed by atoms with Crippen molar-refractivity contribution in [3.63, 3.8) is 0 Å². The van der Waals surface area contributed by atoms with Gasteiger partial charge in [-0.1, -0.05) is 18.2 Å². The number of pyridine rings is 1. The molecule has 4 rings (SSSR count). The van der Waals surface area contributed by atoms with E-state index in [1.807, 2.05) is 30.3 Å². The van der Waals surface area contributed by atoms with Gasteiger partial charge in [-0.25, -0.2) is 23.8 Å². The molecule has 4 aromatic rings. The monoisotopic (exact) mass is 360 g/mol. The summed E-state index contributed by atoms with van der Waals surface area (Å²) in [5.41, 5.74) is 2.59. The van der Waals surface area contributed by atoms with Gasteiger partial charge in [0, 0.05) is 11.5 Å². The fourth-order valence-corrected chi connectivity index (χ4v) is 2.75. The van der Waals surface area contributed by atoms with Crippen LogP contribution in [0.4, 0.5) is 4.39 Å². The quantitative estimate of drug-likeness (QED) is 0.598. The Labute approximate surface area is 153 Å². The molecule has 6 nitrogen and oxygen atoms in total. The van der Waals surface area contributed by atoms with Crippen LogP contribution in [-0.2, 0) is 0 Å². The SMILES string of the molecule is O=C(O)c1cc(/C=C/c2ccc(-n3cncn3)cc2)nc2cc(F)ccc12. The average molecular weight is 360 g/mol. The maximum Gasteiger partial charge on any atom is 0.336 e. The summed E-state index contributed by atoms with van der Waals surface area (Å²) in [7, 11) is 0. The summed E-state index contributed by atoms with van der Waals surface area (Å²) in [5.74, 6) is -1.54. The highest BCUT2D eigenvalue weighted by atomic mass is 19.1. The molecule has 0 saturated heterocycles. The van der Waals surface area contributed by atoms with Crippen molar-refractivity contribution in [2.75, 3.05) is 0 Å². The number of carbonyl (C=O) groups is 1. The van der Waals surface area contributed by atoms with Crippen molar-refractivity contribution >= 4 is 29.0 Å². The molecule has 27 heavy (non-hydrogen) atoms. The van der Waals surface area contributed by atoms with Crippen LogP contribution in [-0.4, -0.2) is 30.8 Å². The van der Waals surface area contributed by atoms with Crippen LogP contribution in [0.1, 0.15) is 21.6 Å². The zero-order chi connectivity index (χ0) is 18.8. The van der Waals surface area contributed by atoms with Crippen LogP contribution in [0.25, 0.3) is 28.7 Å². The third kappa shape index (κ3) is 3.43. The van der Waals surface area contributed by atoms with Gasteiger partial charge in [-0.05, 0) is 42.0 Å². The normalized spacial score (nSPS) is 11.3. The molecule has 2 heterocycles. The smallest absolute Gasteiger partial charge is 0.336 e. The van der Waals surface area contributed by atoms with Crippen LogP contribution >= 0.6 is 0 Å². The van der Waals surface area contributed by atoms with Crippen LogP contribution in [0.2, 0.25) is 0 Å². The number of carboxylic acid groups (broad SMARTS) is 1. The van der Waals surface area contributed by atoms with Gasteiger partial charge in [-0.3, -0.25) is 0 Å². The first-order chi connectivity index (χ1) is 13.1. The molecule has 0 unspecified atom stereocenters. The van der Waals surface area contributed by atoms with E-state index in [1.165, 1.54) is 30.6 Å². The first kappa shape index (κ1) is 16.6. The predicted molar refractivity (Wildman–Crippen MR) is 98.9 cm³/mol. The van der Waals surface area contributed by atoms with Gasteiger partial charge in [0.25, 0.3) is 0 Å². The molecule has 0 spiro atoms. The maximum atomic E-state index is 13.5. The van der Waals surface area contributed by atoms with Crippen LogP contribution in [0.5, 0.6) is 0 Å². The Hall–Kier alpha value is -3.87. The Morgan fingerprint density at radius 3 is 2.59 bits per heavy atom. The molecule has 0 bridgehead atoms. The Bertz CT molecular complexity index is 1150. The largest absolute Gasteiger partial charge is 0.478 e. The van der Waals surface area contributed by atoms with E-state index in [2.05, 4.69) is 15.1 Å². The van der Waals surface area contributed by atoms with Gasteiger partial charge in [-0.2, -0.15) is 5.10 Å². The van der Waals surface area contributed by atoms with E-state index in [4.69, 9.17) is 0 Å². The second kappa shape index (κ2) is 6.80. The summed E-state index contributed by atoms with van der Waals surface area (Å²) < 4.78 is 15.1. The lowest BCUT2D eigenvalue weighted by Crippen LogP contribution is -2.00. The molecule has 1 N–H and O–H groups in total. The van der Waals surface area contributed by atoms with Crippen molar-refractivity contribution < 1.29 is 14.3 Å². The van der Waals surface area contributed by atoms with Crippen LogP contribution in [0, 0.1) is 5.82 Å². The minimum Gasteiger partial charge on any atom is -0.478 e. The van der Waals surface area contributed by atoms with Crippen molar-refractivity contribution in [1.29, 1.82) is 0 Å². The molecule has 0 saturated carbocycles. The van der Waals surface area contributed by atoms with Crippen molar-refractivity contribution in [3.05, 3.63) is 83.8 Å². The van der Waals surface area contributed by atoms with Crippen molar-refractivity contribution in [3.8, 4) is 5.69 Å². The van der Waals surface area contributed by atoms with Gasteiger partial charge >= 0.3 is 5.97 Å². The number of nitrogens with zero attached hydrogens (tertiary/aromatic N) is 4. The lowest BCUT2D eigenvalue weighted by Gasteiger charge is -2.05. The fourth-order valence-electron chi connectivity index (χ4n) is 2.75. The lowest BCUT2D eigenvalue weighted by molar-refractivity contribution is 0.0699. The molecule has 0 atom stereocenters. The third-order valence-electron chi connectivity index (χ3n) is 4.05. The van der Waals surface area contributed by atoms with Crippen LogP contribution < -0.4 is 0 Å². The molecule has 0 aliphatic rings. The molecule has 132 valence electrons. The van der Waals surface area contributed by atoms with Crippen molar-refractivity contribution in [1.82, 2.24) is 19.7 Å². The van der Waals surface area contributed by atoms with E-state index >= 15 is 0 Å². The van der Waals surface area contributed by atoms with E-state index in [9.17, 15) is 14.3 Å². The standard InChI is InChI=1S/C20H13FN4O2/c21-14-4-8-17-18(20(26)27)10-15(24-19(17)9-14)5-1-13-2-6-16(7-3-13)25-12-22-11-23-25/h1-12H,(H,26,27)/b5-1+. The highest BCUT2D eigenvalue weighted by molar-refractivity contribution is 6.03. The van der Waals surface area contributed by atoms with Crippen LogP contribution in [0.15, 0.2) is 61.2 Å². The summed E-state index contributed by atoms with van der Waals surface area (Å²) in [5, 5.41) is 13.9. The second-order valence-electron chi connectivity index (χ2n) is 5.83. The number of rotatable bonds is 4. The topological polar surface area (TPSA) is 80.9 Å². The molecule has 0 radical (unpaired) electrons. The van der Waals surface area contributed by atoms with Gasteiger partial charge < -0.3 is 5.11 Å². The highest BCUT2D eigenvalue weighted by Crippen LogP contribution is 2.21. The van der Waals surface area contributed by atoms with E-state index in [0.717, 1.165) is 11.3 Å². The number of fused-ring (bicyclic) bond motifs is 1. The number of hydrogen-bond donors (Lipinski definition) is 1. The van der Waals surface area contributed by atoms with Gasteiger partial charge in [0.2, 0.25) is 0 Å². The van der Waals surface area contributed by atoms with Crippen molar-refractivity contribution in [2.45, 2.75) is 0 Å². The van der Waals surface area contributed by atoms with E-state index in [0.29, 0.717) is 16.6 Å². The van der Waals surface area contributed by atoms with E-state index < -0.39 is 11.8 Å². The molecular weight excluding hydrogens is 347 g/mol. The first-order valence-electron chi connectivity index (χ1n) is 8.07. The summed E-state index contributed by atoms with van der Waals surface area (Å²) >= 11 is 0. The molecular formula is C20H13FN4O2. The summed E-state index contributed by atoms with van der Waals surface area (Å²) in [6, 6.07) is 12.9. The second-order valence-corrected chi connectivity index (χ2v) is 5.83. The Morgan fingerprint density at radius 1 is 1.07 bits per heavy atom. The summed E-state index contributed by atoms with van der Waals surface area (Å²) in [4.78, 5) is 19.8. The zero-order valence-electron chi connectivity index (χ0n) is 14.0. The number of benzene rings is 2. The molecule has 2 aromatic heterocycles. The minimum absolute atomic E-state index is 0.0844. The van der Waals surface area contributed by atoms with E-state index in [-0.39, 0.29) is 5.56 Å². The van der Waals surface area contributed by atoms with Gasteiger partial charge in [0.05, 0.1) is 22.5 Å². The molecule has 0 aliphatic carbocycles. The van der Waals surface area contributed by atoms with Gasteiger partial charge in [0.15, 0.2) is 0 Å². The number of aromatic nitrogens is 4. The average Bonchev–Trinajstić information content (AvgIpc) is 3.20.